The van der Waals surface area contributed by atoms with Gasteiger partial charge in [-0.25, -0.2) is 9.98 Å². The van der Waals surface area contributed by atoms with E-state index in [4.69, 9.17) is 9.72 Å². The lowest BCUT2D eigenvalue weighted by atomic mass is 9.98. The number of guanidine groups is 1. The largest absolute Gasteiger partial charge is 0.376 e. The SMILES string of the molecule is CN(C)C(=O)CN=C(NCCc1csc(C(C)(C)C)n1)NCC1CCCO1. The van der Waals surface area contributed by atoms with Crippen LogP contribution in [0.15, 0.2) is 10.4 Å². The van der Waals surface area contributed by atoms with E-state index in [1.807, 2.05) is 0 Å². The van der Waals surface area contributed by atoms with Crippen LogP contribution in [0, 0.1) is 0 Å². The van der Waals surface area contributed by atoms with Gasteiger partial charge in [-0.15, -0.1) is 11.3 Å². The maximum Gasteiger partial charge on any atom is 0.243 e. The first kappa shape index (κ1) is 21.6. The summed E-state index contributed by atoms with van der Waals surface area (Å²) in [6, 6.07) is 0. The van der Waals surface area contributed by atoms with Gasteiger partial charge in [0.1, 0.15) is 6.54 Å². The van der Waals surface area contributed by atoms with E-state index in [-0.39, 0.29) is 24.0 Å². The van der Waals surface area contributed by atoms with E-state index >= 15 is 0 Å². The van der Waals surface area contributed by atoms with Crippen molar-refractivity contribution in [1.29, 1.82) is 0 Å². The quantitative estimate of drug-likeness (QED) is 0.544. The van der Waals surface area contributed by atoms with Crippen LogP contribution in [0.1, 0.15) is 44.3 Å². The van der Waals surface area contributed by atoms with Crippen LogP contribution in [-0.4, -0.2) is 68.2 Å². The number of likely N-dealkylation sites (N-methyl/N-ethyl adjacent to an activating group) is 1. The van der Waals surface area contributed by atoms with Gasteiger partial charge in [-0.1, -0.05) is 20.8 Å². The van der Waals surface area contributed by atoms with Crippen molar-refractivity contribution < 1.29 is 9.53 Å². The minimum atomic E-state index is -0.0254. The van der Waals surface area contributed by atoms with Crippen LogP contribution in [0.5, 0.6) is 0 Å². The van der Waals surface area contributed by atoms with E-state index in [9.17, 15) is 4.79 Å². The second-order valence-electron chi connectivity index (χ2n) is 8.04. The van der Waals surface area contributed by atoms with Gasteiger partial charge in [0.25, 0.3) is 0 Å². The second-order valence-corrected chi connectivity index (χ2v) is 8.90. The number of nitrogens with zero attached hydrogens (tertiary/aromatic N) is 3. The molecule has 1 amide bonds. The van der Waals surface area contributed by atoms with Crippen molar-refractivity contribution in [3.63, 3.8) is 0 Å². The molecule has 1 fully saturated rings. The third kappa shape index (κ3) is 7.46. The van der Waals surface area contributed by atoms with Gasteiger partial charge in [0.05, 0.1) is 16.8 Å². The van der Waals surface area contributed by atoms with Crippen LogP contribution in [0.4, 0.5) is 0 Å². The highest BCUT2D eigenvalue weighted by Crippen LogP contribution is 2.25. The summed E-state index contributed by atoms with van der Waals surface area (Å²) in [5.74, 6) is 0.620. The molecule has 1 atom stereocenters. The number of amides is 1. The first-order valence-corrected chi connectivity index (χ1v) is 10.4. The third-order valence-electron chi connectivity index (χ3n) is 4.26. The van der Waals surface area contributed by atoms with Crippen LogP contribution < -0.4 is 10.6 Å². The van der Waals surface area contributed by atoms with E-state index in [1.54, 1.807) is 30.3 Å². The first-order valence-electron chi connectivity index (χ1n) is 9.54. The zero-order valence-corrected chi connectivity index (χ0v) is 18.0. The normalized spacial score (nSPS) is 17.8. The van der Waals surface area contributed by atoms with Crippen molar-refractivity contribution in [1.82, 2.24) is 20.5 Å². The molecule has 1 aromatic rings. The van der Waals surface area contributed by atoms with Gasteiger partial charge < -0.3 is 20.3 Å². The molecule has 7 nitrogen and oxygen atoms in total. The van der Waals surface area contributed by atoms with Gasteiger partial charge in [0, 0.05) is 51.0 Å². The Morgan fingerprint density at radius 3 is 2.78 bits per heavy atom. The predicted molar refractivity (Wildman–Crippen MR) is 110 cm³/mol. The topological polar surface area (TPSA) is 78.9 Å². The standard InChI is InChI=1S/C19H33N5O2S/c1-19(2,3)17-23-14(13-27-17)8-9-20-18(22-12-16(25)24(4)5)21-11-15-7-6-10-26-15/h13,15H,6-12H2,1-5H3,(H2,20,21,22). The van der Waals surface area contributed by atoms with Crippen LogP contribution in [0.3, 0.4) is 0 Å². The maximum atomic E-state index is 11.8. The lowest BCUT2D eigenvalue weighted by Crippen LogP contribution is -2.42. The summed E-state index contributed by atoms with van der Waals surface area (Å²) < 4.78 is 5.65. The molecule has 1 aromatic heterocycles. The molecule has 2 heterocycles. The fourth-order valence-corrected chi connectivity index (χ4v) is 3.50. The molecule has 0 bridgehead atoms. The molecule has 0 radical (unpaired) electrons. The highest BCUT2D eigenvalue weighted by Gasteiger charge is 2.18. The summed E-state index contributed by atoms with van der Waals surface area (Å²) in [6.45, 7) is 8.89. The van der Waals surface area contributed by atoms with Gasteiger partial charge in [0.2, 0.25) is 5.91 Å². The molecular weight excluding hydrogens is 362 g/mol. The minimum absolute atomic E-state index is 0.0254. The monoisotopic (exact) mass is 395 g/mol. The number of thiazole rings is 1. The highest BCUT2D eigenvalue weighted by molar-refractivity contribution is 7.09. The van der Waals surface area contributed by atoms with E-state index in [2.05, 4.69) is 41.8 Å². The summed E-state index contributed by atoms with van der Waals surface area (Å²) in [5.41, 5.74) is 1.17. The fourth-order valence-electron chi connectivity index (χ4n) is 2.55. The van der Waals surface area contributed by atoms with Crippen molar-refractivity contribution in [3.05, 3.63) is 16.1 Å². The average molecular weight is 396 g/mol. The molecule has 2 N–H and O–H groups in total. The molecule has 2 rings (SSSR count). The molecule has 1 saturated heterocycles. The number of nitrogens with one attached hydrogen (secondary N) is 2. The Morgan fingerprint density at radius 2 is 2.19 bits per heavy atom. The number of carbonyl (C=O) groups excluding carboxylic acids is 1. The van der Waals surface area contributed by atoms with E-state index in [0.717, 1.165) is 36.6 Å². The molecule has 0 saturated carbocycles. The van der Waals surface area contributed by atoms with Gasteiger partial charge >= 0.3 is 0 Å². The Bertz CT molecular complexity index is 630. The van der Waals surface area contributed by atoms with E-state index in [1.165, 1.54) is 0 Å². The number of hydrogen-bond donors (Lipinski definition) is 2. The average Bonchev–Trinajstić information content (AvgIpc) is 3.27. The molecule has 0 aliphatic carbocycles. The molecule has 152 valence electrons. The molecule has 8 heteroatoms. The molecule has 0 aromatic carbocycles. The minimum Gasteiger partial charge on any atom is -0.376 e. The number of aromatic nitrogens is 1. The zero-order valence-electron chi connectivity index (χ0n) is 17.2. The van der Waals surface area contributed by atoms with Crippen LogP contribution in [0.25, 0.3) is 0 Å². The summed E-state index contributed by atoms with van der Waals surface area (Å²) in [4.78, 5) is 22.5. The fraction of sp³-hybridized carbons (Fsp3) is 0.737. The Morgan fingerprint density at radius 1 is 1.41 bits per heavy atom. The second kappa shape index (κ2) is 10.0. The molecule has 1 aliphatic heterocycles. The first-order chi connectivity index (χ1) is 12.8. The van der Waals surface area contributed by atoms with Crippen molar-refractivity contribution in [2.45, 2.75) is 51.6 Å². The number of ether oxygens (including phenoxy) is 1. The van der Waals surface area contributed by atoms with Gasteiger partial charge in [-0.2, -0.15) is 0 Å². The van der Waals surface area contributed by atoms with E-state index < -0.39 is 0 Å². The summed E-state index contributed by atoms with van der Waals surface area (Å²) >= 11 is 1.71. The lowest BCUT2D eigenvalue weighted by molar-refractivity contribution is -0.127. The Balaban J connectivity index is 1.86. The predicted octanol–water partition coefficient (Wildman–Crippen LogP) is 1.79. The molecule has 1 aliphatic rings. The molecule has 0 spiro atoms. The summed E-state index contributed by atoms with van der Waals surface area (Å²) in [7, 11) is 3.47. The number of aliphatic imine (C=N–C) groups is 1. The highest BCUT2D eigenvalue weighted by atomic mass is 32.1. The van der Waals surface area contributed by atoms with Crippen molar-refractivity contribution in [2.75, 3.05) is 40.3 Å². The van der Waals surface area contributed by atoms with Crippen molar-refractivity contribution in [2.24, 2.45) is 4.99 Å². The third-order valence-corrected chi connectivity index (χ3v) is 5.58. The van der Waals surface area contributed by atoms with Crippen LogP contribution >= 0.6 is 11.3 Å². The molecule has 1 unspecified atom stereocenters. The lowest BCUT2D eigenvalue weighted by Gasteiger charge is -2.16. The van der Waals surface area contributed by atoms with Crippen molar-refractivity contribution in [3.8, 4) is 0 Å². The summed E-state index contributed by atoms with van der Waals surface area (Å²) in [6.07, 6.45) is 3.19. The Kier molecular flexibility index (Phi) is 8.04. The Hall–Kier alpha value is -1.67. The van der Waals surface area contributed by atoms with Gasteiger partial charge in [-0.3, -0.25) is 4.79 Å². The zero-order chi connectivity index (χ0) is 19.9. The van der Waals surface area contributed by atoms with E-state index in [0.29, 0.717) is 19.0 Å². The summed E-state index contributed by atoms with van der Waals surface area (Å²) in [5, 5.41) is 9.88. The smallest absolute Gasteiger partial charge is 0.243 e. The Labute approximate surface area is 166 Å². The van der Waals surface area contributed by atoms with Crippen LogP contribution in [0.2, 0.25) is 0 Å². The number of hydrogen-bond acceptors (Lipinski definition) is 5. The number of rotatable bonds is 7. The van der Waals surface area contributed by atoms with Crippen LogP contribution in [-0.2, 0) is 21.4 Å². The molecular formula is C19H33N5O2S. The van der Waals surface area contributed by atoms with Crippen molar-refractivity contribution >= 4 is 23.2 Å². The van der Waals surface area contributed by atoms with Gasteiger partial charge in [-0.05, 0) is 12.8 Å². The molecule has 27 heavy (non-hydrogen) atoms. The maximum absolute atomic E-state index is 11.8. The van der Waals surface area contributed by atoms with Gasteiger partial charge in [0.15, 0.2) is 5.96 Å². The number of carbonyl (C=O) groups is 1.